The Morgan fingerprint density at radius 2 is 1.08 bits per heavy atom. The van der Waals surface area contributed by atoms with Crippen molar-refractivity contribution in [1.82, 2.24) is 0 Å². The van der Waals surface area contributed by atoms with Gasteiger partial charge in [0.25, 0.3) is 0 Å². The van der Waals surface area contributed by atoms with Gasteiger partial charge < -0.3 is 24.8 Å². The zero-order chi connectivity index (χ0) is 33.6. The van der Waals surface area contributed by atoms with Crippen LogP contribution in [0.15, 0.2) is 109 Å². The van der Waals surface area contributed by atoms with Gasteiger partial charge in [0.15, 0.2) is 0 Å². The molecule has 5 aromatic rings. The minimum absolute atomic E-state index is 0. The molecule has 5 aromatic carbocycles. The van der Waals surface area contributed by atoms with Gasteiger partial charge in [-0.1, -0.05) is 59.6 Å². The SMILES string of the molecule is CC1[C-]=CC(C2(C)C3CC4CC(C3)CC2C4)=C1.Cc1cc2[cH-]c3cc(C)c(C)cc3c2cc1C.[Cl-].[Cl-].[Zr+2]=[C](c1ccccc1)c1ccccc1. The summed E-state index contributed by atoms with van der Waals surface area (Å²) in [6.07, 6.45) is 15.9. The van der Waals surface area contributed by atoms with Crippen LogP contribution in [0.1, 0.15) is 79.3 Å². The summed E-state index contributed by atoms with van der Waals surface area (Å²) in [5.74, 6) is 4.68. The summed E-state index contributed by atoms with van der Waals surface area (Å²) in [6, 6.07) is 32.7. The van der Waals surface area contributed by atoms with Crippen molar-refractivity contribution in [3.05, 3.63) is 148 Å². The van der Waals surface area contributed by atoms with E-state index in [1.807, 2.05) is 0 Å². The molecule has 0 aromatic heterocycles. The molecule has 0 saturated heterocycles. The van der Waals surface area contributed by atoms with Gasteiger partial charge in [0, 0.05) is 0 Å². The first kappa shape index (κ1) is 38.8. The predicted octanol–water partition coefficient (Wildman–Crippen LogP) is 6.14. The number of fused-ring (bicyclic) bond motifs is 3. The Morgan fingerprint density at radius 3 is 1.48 bits per heavy atom. The third-order valence-electron chi connectivity index (χ3n) is 12.4. The van der Waals surface area contributed by atoms with Gasteiger partial charge in [0.1, 0.15) is 0 Å². The molecule has 258 valence electrons. The van der Waals surface area contributed by atoms with Crippen LogP contribution in [0.3, 0.4) is 0 Å². The molecule has 10 rings (SSSR count). The van der Waals surface area contributed by atoms with Crippen LogP contribution in [0.5, 0.6) is 0 Å². The number of benzene rings is 4. The van der Waals surface area contributed by atoms with E-state index in [9.17, 15) is 0 Å². The van der Waals surface area contributed by atoms with Gasteiger partial charge >= 0.3 is 99.2 Å². The summed E-state index contributed by atoms with van der Waals surface area (Å²) in [6.45, 7) is 13.6. The number of hydrogen-bond donors (Lipinski definition) is 0. The van der Waals surface area contributed by atoms with Crippen molar-refractivity contribution in [2.75, 3.05) is 0 Å². The number of aryl methyl sites for hydroxylation is 4. The molecule has 4 bridgehead atoms. The molecule has 3 heteroatoms. The van der Waals surface area contributed by atoms with Crippen molar-refractivity contribution in [2.45, 2.75) is 73.6 Å². The Balaban J connectivity index is 0.000000144. The molecule has 5 aliphatic carbocycles. The fourth-order valence-corrected chi connectivity index (χ4v) is 10.3. The molecule has 0 spiro atoms. The van der Waals surface area contributed by atoms with Gasteiger partial charge in [-0.2, -0.15) is 11.6 Å². The molecule has 0 heterocycles. The Kier molecular flexibility index (Phi) is 12.5. The second kappa shape index (κ2) is 16.1. The topological polar surface area (TPSA) is 0 Å². The summed E-state index contributed by atoms with van der Waals surface area (Å²) in [5.41, 5.74) is 10.3. The Bertz CT molecular complexity index is 1880. The van der Waals surface area contributed by atoms with Crippen LogP contribution in [-0.2, 0) is 24.2 Å². The van der Waals surface area contributed by atoms with Crippen molar-refractivity contribution in [3.8, 4) is 0 Å². The Labute approximate surface area is 328 Å². The summed E-state index contributed by atoms with van der Waals surface area (Å²) < 4.78 is 1.42. The first-order chi connectivity index (χ1) is 23.1. The fourth-order valence-electron chi connectivity index (χ4n) is 9.48. The van der Waals surface area contributed by atoms with Crippen LogP contribution in [0.4, 0.5) is 0 Å². The molecule has 4 saturated carbocycles. The molecular formula is C47H50Cl2Zr-2. The summed E-state index contributed by atoms with van der Waals surface area (Å²) in [7, 11) is 0. The summed E-state index contributed by atoms with van der Waals surface area (Å²) in [5, 5.41) is 5.53. The van der Waals surface area contributed by atoms with Crippen LogP contribution in [0.25, 0.3) is 21.5 Å². The fraction of sp³-hybridized carbons (Fsp3) is 0.362. The molecule has 50 heavy (non-hydrogen) atoms. The molecule has 0 radical (unpaired) electrons. The maximum atomic E-state index is 3.49. The Hall–Kier alpha value is -2.44. The van der Waals surface area contributed by atoms with Crippen molar-refractivity contribution in [1.29, 1.82) is 0 Å². The Morgan fingerprint density at radius 1 is 0.660 bits per heavy atom. The number of halogens is 2. The standard InChI is InChI=1S/C17H23.C17H17.C13H10.2ClH.Zr/c1-11-3-4-14(5-11)17(2)15-7-12-6-13(9-15)10-16(17)8-12;1-10-5-14-9-15-6-11(2)13(4)8-17(15)16(14)7-12(10)3;1-3-7-12(8-4-1)11-13-9-5-2-6-10-13;;;/h4-5,11-13,15-16H,6-10H2,1-2H3;5-9H,1-4H3;1-10H;2*1H;/q2*-1;;;;+2/p-2. The van der Waals surface area contributed by atoms with E-state index in [4.69, 9.17) is 0 Å². The van der Waals surface area contributed by atoms with E-state index in [-0.39, 0.29) is 24.8 Å². The summed E-state index contributed by atoms with van der Waals surface area (Å²) >= 11 is 1.46. The zero-order valence-electron chi connectivity index (χ0n) is 30.5. The van der Waals surface area contributed by atoms with Crippen molar-refractivity contribution >= 4 is 24.8 Å². The molecule has 4 fully saturated rings. The molecule has 1 atom stereocenters. The molecule has 5 aliphatic rings. The third-order valence-corrected chi connectivity index (χ3v) is 13.9. The average Bonchev–Trinajstić information content (AvgIpc) is 3.67. The van der Waals surface area contributed by atoms with Gasteiger partial charge in [0.05, 0.1) is 0 Å². The molecule has 0 aliphatic heterocycles. The van der Waals surface area contributed by atoms with Crippen LogP contribution in [0.2, 0.25) is 0 Å². The van der Waals surface area contributed by atoms with Crippen LogP contribution in [-0.4, -0.2) is 3.21 Å². The van der Waals surface area contributed by atoms with Crippen molar-refractivity contribution in [2.24, 2.45) is 35.0 Å². The first-order valence-corrected chi connectivity index (χ1v) is 19.4. The molecular weight excluding hydrogens is 727 g/mol. The molecule has 0 nitrogen and oxygen atoms in total. The van der Waals surface area contributed by atoms with Crippen LogP contribution < -0.4 is 24.8 Å². The quantitative estimate of drug-likeness (QED) is 0.194. The van der Waals surface area contributed by atoms with E-state index >= 15 is 0 Å². The van der Waals surface area contributed by atoms with Crippen LogP contribution >= 0.6 is 0 Å². The zero-order valence-corrected chi connectivity index (χ0v) is 34.5. The van der Waals surface area contributed by atoms with E-state index in [2.05, 4.69) is 151 Å². The van der Waals surface area contributed by atoms with E-state index < -0.39 is 0 Å². The number of allylic oxidation sites excluding steroid dienone is 4. The molecule has 0 N–H and O–H groups in total. The maximum absolute atomic E-state index is 3.49. The molecule has 1 unspecified atom stereocenters. The predicted molar refractivity (Wildman–Crippen MR) is 202 cm³/mol. The van der Waals surface area contributed by atoms with Gasteiger partial charge in [-0.05, 0) is 83.5 Å². The van der Waals surface area contributed by atoms with Crippen molar-refractivity contribution < 1.29 is 49.0 Å². The normalized spacial score (nSPS) is 25.5. The second-order valence-corrected chi connectivity index (χ2v) is 16.8. The van der Waals surface area contributed by atoms with E-state index in [0.29, 0.717) is 11.3 Å². The molecule has 0 amide bonds. The van der Waals surface area contributed by atoms with Gasteiger partial charge in [0.2, 0.25) is 0 Å². The van der Waals surface area contributed by atoms with Gasteiger partial charge in [-0.3, -0.25) is 6.08 Å². The third kappa shape index (κ3) is 7.68. The first-order valence-electron chi connectivity index (χ1n) is 18.2. The monoisotopic (exact) mass is 774 g/mol. The van der Waals surface area contributed by atoms with Gasteiger partial charge in [-0.25, -0.2) is 6.08 Å². The average molecular weight is 777 g/mol. The van der Waals surface area contributed by atoms with Crippen molar-refractivity contribution in [3.63, 3.8) is 0 Å². The van der Waals surface area contributed by atoms with E-state index in [0.717, 1.165) is 23.7 Å². The number of rotatable bonds is 3. The van der Waals surface area contributed by atoms with Crippen LogP contribution in [0, 0.1) is 68.8 Å². The van der Waals surface area contributed by atoms with E-state index in [1.54, 1.807) is 12.0 Å². The van der Waals surface area contributed by atoms with E-state index in [1.165, 1.54) is 108 Å². The minimum atomic E-state index is 0. The van der Waals surface area contributed by atoms with Gasteiger partial charge in [-0.15, -0.1) is 39.7 Å². The number of hydrogen-bond acceptors (Lipinski definition) is 0. The summed E-state index contributed by atoms with van der Waals surface area (Å²) in [4.78, 5) is 0. The second-order valence-electron chi connectivity index (χ2n) is 15.6.